The smallest absolute Gasteiger partial charge is 0.0726 e. The van der Waals surface area contributed by atoms with Gasteiger partial charge in [0.15, 0.2) is 0 Å². The van der Waals surface area contributed by atoms with Crippen LogP contribution in [-0.4, -0.2) is 0 Å². The maximum atomic E-state index is 2.51. The average molecular weight is 782 g/mol. The second-order valence-corrected chi connectivity index (χ2v) is 18.2. The van der Waals surface area contributed by atoms with Crippen LogP contribution in [0.1, 0.15) is 47.2 Å². The van der Waals surface area contributed by atoms with E-state index in [0.29, 0.717) is 0 Å². The number of benzene rings is 9. The molecule has 10 aromatic rings. The molecule has 0 N–H and O–H groups in total. The number of anilines is 3. The molecule has 0 atom stereocenters. The second-order valence-electron chi connectivity index (χ2n) is 17.2. The number of hydrogen-bond acceptors (Lipinski definition) is 2. The third kappa shape index (κ3) is 4.36. The second kappa shape index (κ2) is 12.3. The van der Waals surface area contributed by atoms with Crippen molar-refractivity contribution in [2.45, 2.75) is 24.7 Å². The maximum absolute atomic E-state index is 2.51. The van der Waals surface area contributed by atoms with Crippen molar-refractivity contribution in [3.05, 3.63) is 234 Å². The van der Waals surface area contributed by atoms with E-state index in [9.17, 15) is 0 Å². The Morgan fingerprint density at radius 1 is 0.367 bits per heavy atom. The van der Waals surface area contributed by atoms with E-state index in [1.54, 1.807) is 0 Å². The van der Waals surface area contributed by atoms with Crippen LogP contribution in [0.5, 0.6) is 0 Å². The summed E-state index contributed by atoms with van der Waals surface area (Å²) in [6.45, 7) is 4.82. The third-order valence-electron chi connectivity index (χ3n) is 13.9. The average Bonchev–Trinajstić information content (AvgIpc) is 3.98. The van der Waals surface area contributed by atoms with Crippen molar-refractivity contribution in [1.29, 1.82) is 0 Å². The van der Waals surface area contributed by atoms with Gasteiger partial charge in [-0.15, -0.1) is 11.3 Å². The Labute approximate surface area is 354 Å². The lowest BCUT2D eigenvalue weighted by molar-refractivity contribution is 0.661. The quantitative estimate of drug-likeness (QED) is 0.172. The number of hydrogen-bond donors (Lipinski definition) is 0. The summed E-state index contributed by atoms with van der Waals surface area (Å²) < 4.78 is 2.68. The maximum Gasteiger partial charge on any atom is 0.0726 e. The van der Waals surface area contributed by atoms with E-state index in [0.717, 1.165) is 17.1 Å². The third-order valence-corrected chi connectivity index (χ3v) is 15.0. The highest BCUT2D eigenvalue weighted by Crippen LogP contribution is 2.64. The Morgan fingerprint density at radius 3 is 1.60 bits per heavy atom. The Balaban J connectivity index is 1.07. The standard InChI is InChI=1S/C58H39NS/c1-57(2)46-32-30-38(33-45(46)55-51(57)35-53-56(44-24-12-16-28-52(44)60-53)54(55)36-17-5-3-6-18-36)59(37-19-7-4-8-20-37)39-29-31-43-42-23-11-15-27-49(42)58(50(43)34-39)47-25-13-9-21-40(47)41-22-10-14-26-48(41)58/h3-35H,1-2H3. The van der Waals surface area contributed by atoms with Gasteiger partial charge in [0.25, 0.3) is 0 Å². The summed E-state index contributed by atoms with van der Waals surface area (Å²) >= 11 is 1.91. The molecule has 1 spiro atoms. The molecule has 1 aromatic heterocycles. The topological polar surface area (TPSA) is 3.24 Å². The number of thiophene rings is 1. The van der Waals surface area contributed by atoms with Crippen molar-refractivity contribution in [2.75, 3.05) is 4.90 Å². The minimum absolute atomic E-state index is 0.177. The van der Waals surface area contributed by atoms with Crippen molar-refractivity contribution in [3.8, 4) is 44.5 Å². The number of para-hydroxylation sites is 1. The summed E-state index contributed by atoms with van der Waals surface area (Å²) in [4.78, 5) is 2.48. The molecule has 0 fully saturated rings. The van der Waals surface area contributed by atoms with Crippen LogP contribution in [0.3, 0.4) is 0 Å². The molecule has 9 aromatic carbocycles. The van der Waals surface area contributed by atoms with Crippen molar-refractivity contribution in [3.63, 3.8) is 0 Å². The molecule has 0 aliphatic heterocycles. The molecule has 3 aliphatic carbocycles. The first kappa shape index (κ1) is 33.9. The van der Waals surface area contributed by atoms with Gasteiger partial charge in [0.1, 0.15) is 0 Å². The van der Waals surface area contributed by atoms with Crippen molar-refractivity contribution in [1.82, 2.24) is 0 Å². The molecule has 0 amide bonds. The van der Waals surface area contributed by atoms with E-state index >= 15 is 0 Å². The van der Waals surface area contributed by atoms with Crippen molar-refractivity contribution >= 4 is 48.6 Å². The Morgan fingerprint density at radius 2 is 0.917 bits per heavy atom. The summed E-state index contributed by atoms with van der Waals surface area (Å²) in [6, 6.07) is 75.2. The zero-order chi connectivity index (χ0) is 39.7. The van der Waals surface area contributed by atoms with E-state index < -0.39 is 5.41 Å². The van der Waals surface area contributed by atoms with Crippen molar-refractivity contribution < 1.29 is 0 Å². The number of rotatable bonds is 4. The summed E-state index contributed by atoms with van der Waals surface area (Å²) in [5.41, 5.74) is 21.5. The highest BCUT2D eigenvalue weighted by Gasteiger charge is 2.51. The van der Waals surface area contributed by atoms with Gasteiger partial charge in [-0.05, 0) is 126 Å². The first-order valence-corrected chi connectivity index (χ1v) is 21.8. The summed E-state index contributed by atoms with van der Waals surface area (Å²) in [7, 11) is 0. The predicted molar refractivity (Wildman–Crippen MR) is 253 cm³/mol. The number of fused-ring (bicyclic) bond motifs is 16. The Hall–Kier alpha value is -7.00. The minimum Gasteiger partial charge on any atom is -0.310 e. The molecule has 1 heterocycles. The molecule has 3 aliphatic rings. The van der Waals surface area contributed by atoms with Gasteiger partial charge in [-0.1, -0.05) is 166 Å². The van der Waals surface area contributed by atoms with Gasteiger partial charge in [-0.2, -0.15) is 0 Å². The molecular weight excluding hydrogens is 743 g/mol. The lowest BCUT2D eigenvalue weighted by atomic mass is 9.70. The normalized spacial score (nSPS) is 14.4. The van der Waals surface area contributed by atoms with Gasteiger partial charge in [-0.3, -0.25) is 0 Å². The summed E-state index contributed by atoms with van der Waals surface area (Å²) in [6.07, 6.45) is 0. The molecule has 0 saturated carbocycles. The monoisotopic (exact) mass is 781 g/mol. The van der Waals surface area contributed by atoms with Crippen LogP contribution in [0, 0.1) is 0 Å². The molecular formula is C58H39NS. The van der Waals surface area contributed by atoms with Gasteiger partial charge < -0.3 is 4.90 Å². The Bertz CT molecular complexity index is 3340. The van der Waals surface area contributed by atoms with Crippen molar-refractivity contribution in [2.24, 2.45) is 0 Å². The first-order chi connectivity index (χ1) is 29.5. The summed E-state index contributed by atoms with van der Waals surface area (Å²) in [5.74, 6) is 0. The minimum atomic E-state index is -0.419. The molecule has 0 unspecified atom stereocenters. The van der Waals surface area contributed by atoms with E-state index in [1.165, 1.54) is 98.1 Å². The van der Waals surface area contributed by atoms with Crippen LogP contribution in [0.4, 0.5) is 17.1 Å². The lowest BCUT2D eigenvalue weighted by Crippen LogP contribution is -2.26. The largest absolute Gasteiger partial charge is 0.310 e. The van der Waals surface area contributed by atoms with Gasteiger partial charge in [0.2, 0.25) is 0 Å². The molecule has 60 heavy (non-hydrogen) atoms. The van der Waals surface area contributed by atoms with Gasteiger partial charge in [0, 0.05) is 42.6 Å². The van der Waals surface area contributed by atoms with E-state index in [1.807, 2.05) is 11.3 Å². The van der Waals surface area contributed by atoms with Gasteiger partial charge in [0.05, 0.1) is 5.41 Å². The zero-order valence-corrected chi connectivity index (χ0v) is 34.2. The molecule has 0 saturated heterocycles. The van der Waals surface area contributed by atoms with Crippen LogP contribution in [0.25, 0.3) is 64.7 Å². The van der Waals surface area contributed by atoms with Crippen LogP contribution in [0.2, 0.25) is 0 Å². The SMILES string of the molecule is CC1(C)c2ccc(N(c3ccccc3)c3ccc4c(c3)C3(c5ccccc5-c5ccccc53)c3ccccc3-4)cc2-c2c1cc1sc3ccccc3c1c2-c1ccccc1. The summed E-state index contributed by atoms with van der Waals surface area (Å²) in [5, 5.41) is 2.69. The first-order valence-electron chi connectivity index (χ1n) is 21.0. The van der Waals surface area contributed by atoms with E-state index in [4.69, 9.17) is 0 Å². The lowest BCUT2D eigenvalue weighted by Gasteiger charge is -2.32. The van der Waals surface area contributed by atoms with Crippen LogP contribution < -0.4 is 4.90 Å². The molecule has 282 valence electrons. The van der Waals surface area contributed by atoms with E-state index in [2.05, 4.69) is 219 Å². The van der Waals surface area contributed by atoms with Gasteiger partial charge in [-0.25, -0.2) is 0 Å². The fourth-order valence-electron chi connectivity index (χ4n) is 11.4. The van der Waals surface area contributed by atoms with Crippen LogP contribution >= 0.6 is 11.3 Å². The van der Waals surface area contributed by atoms with Gasteiger partial charge >= 0.3 is 0 Å². The highest BCUT2D eigenvalue weighted by atomic mass is 32.1. The molecule has 0 radical (unpaired) electrons. The fraction of sp³-hybridized carbons (Fsp3) is 0.0690. The highest BCUT2D eigenvalue weighted by molar-refractivity contribution is 7.26. The van der Waals surface area contributed by atoms with Crippen LogP contribution in [0.15, 0.2) is 200 Å². The molecule has 2 heteroatoms. The Kier molecular flexibility index (Phi) is 6.94. The zero-order valence-electron chi connectivity index (χ0n) is 33.4. The fourth-order valence-corrected chi connectivity index (χ4v) is 12.5. The number of nitrogens with zero attached hydrogens (tertiary/aromatic N) is 1. The molecule has 13 rings (SSSR count). The predicted octanol–water partition coefficient (Wildman–Crippen LogP) is 15.8. The molecule has 1 nitrogen and oxygen atoms in total. The molecule has 0 bridgehead atoms. The van der Waals surface area contributed by atoms with Crippen LogP contribution in [-0.2, 0) is 10.8 Å². The van der Waals surface area contributed by atoms with E-state index in [-0.39, 0.29) is 5.41 Å².